The average Bonchev–Trinajstić information content (AvgIpc) is 1.46. The van der Waals surface area contributed by atoms with Crippen molar-refractivity contribution in [1.82, 2.24) is 0 Å². The summed E-state index contributed by atoms with van der Waals surface area (Å²) >= 11 is 5.22. The fraction of sp³-hybridized carbons (Fsp3) is 0. The Morgan fingerprint density at radius 3 is 1.40 bits per heavy atom. The van der Waals surface area contributed by atoms with Crippen molar-refractivity contribution in [2.24, 2.45) is 5.90 Å². The molecule has 0 aromatic carbocycles. The molecule has 0 atom stereocenters. The predicted molar refractivity (Wildman–Crippen MR) is 49.4 cm³/mol. The van der Waals surface area contributed by atoms with Crippen molar-refractivity contribution in [3.8, 4) is 0 Å². The van der Waals surface area contributed by atoms with E-state index in [0.717, 1.165) is 0 Å². The van der Waals surface area contributed by atoms with Gasteiger partial charge in [0.25, 0.3) is 0 Å². The van der Waals surface area contributed by atoms with Crippen molar-refractivity contribution in [2.75, 3.05) is 0 Å². The number of hydrogen-bond acceptors (Lipinski definition) is 2. The standard InChI is InChI=1S/HI3.H3NO/c1-3-2;1-2/h3H;2H,1H2. The second kappa shape index (κ2) is 16.5. The minimum Gasteiger partial charge on any atom is -0.320 e. The van der Waals surface area contributed by atoms with Gasteiger partial charge in [-0.3, -0.25) is 0 Å². The normalized spacial score (nSPS) is 5.60. The van der Waals surface area contributed by atoms with Crippen LogP contribution in [0.5, 0.6) is 0 Å². The number of rotatable bonds is 0. The van der Waals surface area contributed by atoms with Crippen molar-refractivity contribution in [2.45, 2.75) is 0 Å². The van der Waals surface area contributed by atoms with E-state index in [0.29, 0.717) is 13.3 Å². The first kappa shape index (κ1) is 10.2. The zero-order valence-corrected chi connectivity index (χ0v) is 8.83. The molecule has 0 radical (unpaired) electrons. The third-order valence-electron chi connectivity index (χ3n) is 0. The van der Waals surface area contributed by atoms with Gasteiger partial charge in [-0.05, 0) is 0 Å². The zero-order valence-electron chi connectivity index (χ0n) is 2.19. The molecular weight excluding hydrogens is 411 g/mol. The smallest absolute Gasteiger partial charge is 0.219 e. The van der Waals surface area contributed by atoms with E-state index >= 15 is 0 Å². The summed E-state index contributed by atoms with van der Waals surface area (Å²) < 4.78 is 0. The van der Waals surface area contributed by atoms with Crippen LogP contribution in [-0.4, -0.2) is 5.21 Å². The van der Waals surface area contributed by atoms with Gasteiger partial charge in [0.15, 0.2) is 0 Å². The molecule has 0 aliphatic rings. The van der Waals surface area contributed by atoms with Crippen LogP contribution < -0.4 is 5.90 Å². The molecular formula is H4I3NO. The molecule has 0 fully saturated rings. The molecule has 0 aromatic rings. The molecule has 0 heterocycles. The number of nitrogens with two attached hydrogens (primary N) is 1. The van der Waals surface area contributed by atoms with Crippen LogP contribution in [0, 0.1) is 0 Å². The second-order valence-corrected chi connectivity index (χ2v) is 17.6. The first-order valence-corrected chi connectivity index (χ1v) is 14.1. The van der Waals surface area contributed by atoms with Crippen LogP contribution >= 0.6 is 50.5 Å². The summed E-state index contributed by atoms with van der Waals surface area (Å²) in [6.07, 6.45) is 0. The van der Waals surface area contributed by atoms with Gasteiger partial charge in [-0.25, -0.2) is 5.90 Å². The Bertz CT molecular complexity index is 6.85. The SMILES string of the molecule is I[IH]I.NO. The van der Waals surface area contributed by atoms with Crippen LogP contribution in [0.4, 0.5) is 0 Å². The maximum atomic E-state index is 6.50. The first-order valence-electron chi connectivity index (χ1n) is 0.567. The van der Waals surface area contributed by atoms with Crippen LogP contribution in [0.2, 0.25) is 0 Å². The molecule has 3 N–H and O–H groups in total. The van der Waals surface area contributed by atoms with E-state index in [-0.39, 0.29) is 0 Å². The molecule has 2 nitrogen and oxygen atoms in total. The summed E-state index contributed by atoms with van der Waals surface area (Å²) in [5.74, 6) is 3.50. The first-order chi connectivity index (χ1) is 2.41. The maximum Gasteiger partial charge on any atom is -0.219 e. The molecule has 0 amide bonds. The van der Waals surface area contributed by atoms with Crippen molar-refractivity contribution >= 4 is 50.5 Å². The van der Waals surface area contributed by atoms with Gasteiger partial charge in [-0.1, -0.05) is 0 Å². The number of halogens is 3. The van der Waals surface area contributed by atoms with Crippen LogP contribution in [0.1, 0.15) is 0 Å². The molecule has 36 valence electrons. The van der Waals surface area contributed by atoms with Crippen molar-refractivity contribution in [3.05, 3.63) is 0 Å². The number of hydrogen-bond donors (Lipinski definition) is 2. The average molecular weight is 415 g/mol. The van der Waals surface area contributed by atoms with E-state index in [2.05, 4.69) is 43.1 Å². The molecule has 0 saturated carbocycles. The molecule has 0 unspecified atom stereocenters. The molecule has 0 bridgehead atoms. The predicted octanol–water partition coefficient (Wildman–Crippen LogP) is 1.72. The Morgan fingerprint density at radius 1 is 1.40 bits per heavy atom. The van der Waals surface area contributed by atoms with E-state index in [1.165, 1.54) is 0 Å². The van der Waals surface area contributed by atoms with Gasteiger partial charge in [0, 0.05) is 0 Å². The van der Waals surface area contributed by atoms with E-state index in [1.807, 2.05) is 0 Å². The quantitative estimate of drug-likeness (QED) is 0.468. The Kier molecular flexibility index (Phi) is 33.5. The summed E-state index contributed by atoms with van der Waals surface area (Å²) in [5, 5.41) is 6.50. The monoisotopic (exact) mass is 415 g/mol. The Morgan fingerprint density at radius 2 is 1.40 bits per heavy atom. The zero-order chi connectivity index (χ0) is 4.71. The summed E-state index contributed by atoms with van der Waals surface area (Å²) in [4.78, 5) is 0. The third kappa shape index (κ3) is 23.2. The van der Waals surface area contributed by atoms with Crippen LogP contribution in [0.15, 0.2) is 0 Å². The molecule has 0 rings (SSSR count). The third-order valence-corrected chi connectivity index (χ3v) is 0. The van der Waals surface area contributed by atoms with Gasteiger partial charge in [0.05, 0.1) is 0 Å². The van der Waals surface area contributed by atoms with Gasteiger partial charge in [-0.2, -0.15) is 0 Å². The Hall–Kier alpha value is 2.11. The molecule has 0 aromatic heterocycles. The van der Waals surface area contributed by atoms with Gasteiger partial charge in [0.1, 0.15) is 0 Å². The minimum atomic E-state index is 0.410. The molecule has 0 spiro atoms. The van der Waals surface area contributed by atoms with Gasteiger partial charge in [-0.15, -0.1) is 0 Å². The van der Waals surface area contributed by atoms with Gasteiger partial charge >= 0.3 is 50.5 Å². The Labute approximate surface area is 60.5 Å². The topological polar surface area (TPSA) is 46.2 Å². The molecule has 0 aliphatic heterocycles. The fourth-order valence-corrected chi connectivity index (χ4v) is 0. The van der Waals surface area contributed by atoms with Gasteiger partial charge < -0.3 is 5.21 Å². The second-order valence-electron chi connectivity index (χ2n) is 0.0583. The van der Waals surface area contributed by atoms with Crippen LogP contribution in [0.25, 0.3) is 0 Å². The van der Waals surface area contributed by atoms with E-state index in [1.54, 1.807) is 0 Å². The van der Waals surface area contributed by atoms with Crippen molar-refractivity contribution < 1.29 is 5.21 Å². The maximum absolute atomic E-state index is 6.50. The van der Waals surface area contributed by atoms with E-state index < -0.39 is 0 Å². The summed E-state index contributed by atoms with van der Waals surface area (Å²) in [5.41, 5.74) is 0. The van der Waals surface area contributed by atoms with Crippen LogP contribution in [0.3, 0.4) is 0 Å². The van der Waals surface area contributed by atoms with E-state index in [9.17, 15) is 0 Å². The minimum absolute atomic E-state index is 0.410. The summed E-state index contributed by atoms with van der Waals surface area (Å²) in [7, 11) is 0. The van der Waals surface area contributed by atoms with Crippen LogP contribution in [-0.2, 0) is 0 Å². The van der Waals surface area contributed by atoms with E-state index in [4.69, 9.17) is 5.21 Å². The molecule has 0 aliphatic carbocycles. The largest absolute Gasteiger partial charge is 0.320 e. The molecule has 5 heteroatoms. The van der Waals surface area contributed by atoms with Crippen molar-refractivity contribution in [1.29, 1.82) is 0 Å². The summed E-state index contributed by atoms with van der Waals surface area (Å²) in [6, 6.07) is 0. The van der Waals surface area contributed by atoms with Crippen molar-refractivity contribution in [3.63, 3.8) is 0 Å². The molecule has 5 heavy (non-hydrogen) atoms. The van der Waals surface area contributed by atoms with Gasteiger partial charge in [0.2, 0.25) is 0 Å². The Balaban J connectivity index is 0. The fourth-order valence-electron chi connectivity index (χ4n) is 0. The molecule has 0 saturated heterocycles. The summed E-state index contributed by atoms with van der Waals surface area (Å²) in [6.45, 7) is 0.